The van der Waals surface area contributed by atoms with E-state index in [-0.39, 0.29) is 11.4 Å². The number of nitrogens with one attached hydrogen (secondary N) is 1. The van der Waals surface area contributed by atoms with Crippen LogP contribution >= 0.6 is 0 Å². The molecule has 4 rings (SSSR count). The molecule has 2 aromatic carbocycles. The Morgan fingerprint density at radius 3 is 2.36 bits per heavy atom. The van der Waals surface area contributed by atoms with E-state index in [9.17, 15) is 13.2 Å². The molecule has 0 spiro atoms. The lowest BCUT2D eigenvalue weighted by atomic mass is 9.97. The Balaban J connectivity index is 1.72. The van der Waals surface area contributed by atoms with E-state index in [0.717, 1.165) is 19.2 Å². The van der Waals surface area contributed by atoms with Gasteiger partial charge in [-0.3, -0.25) is 0 Å². The predicted octanol–water partition coefficient (Wildman–Crippen LogP) is 5.33. The summed E-state index contributed by atoms with van der Waals surface area (Å²) in [6.45, 7) is 8.09. The van der Waals surface area contributed by atoms with Crippen LogP contribution in [0.4, 0.5) is 29.1 Å². The van der Waals surface area contributed by atoms with Crippen molar-refractivity contribution in [1.29, 1.82) is 0 Å². The van der Waals surface area contributed by atoms with Gasteiger partial charge in [0.15, 0.2) is 5.82 Å². The molecule has 0 bridgehead atoms. The number of alkyl halides is 3. The van der Waals surface area contributed by atoms with E-state index < -0.39 is 17.8 Å². The molecule has 1 N–H and O–H groups in total. The van der Waals surface area contributed by atoms with Gasteiger partial charge < -0.3 is 15.1 Å². The Labute approximate surface area is 190 Å². The summed E-state index contributed by atoms with van der Waals surface area (Å²) in [6, 6.07) is 6.93. The van der Waals surface area contributed by atoms with Crippen LogP contribution in [0.25, 0.3) is 10.8 Å². The Morgan fingerprint density at radius 1 is 1.00 bits per heavy atom. The van der Waals surface area contributed by atoms with Gasteiger partial charge in [0.25, 0.3) is 0 Å². The van der Waals surface area contributed by atoms with Crippen LogP contribution in [0.15, 0.2) is 30.3 Å². The van der Waals surface area contributed by atoms with Gasteiger partial charge in [-0.05, 0) is 57.1 Å². The first-order valence-electron chi connectivity index (χ1n) is 10.9. The highest BCUT2D eigenvalue weighted by Gasteiger charge is 2.33. The Morgan fingerprint density at radius 2 is 1.70 bits per heavy atom. The molecule has 0 radical (unpaired) electrons. The highest BCUT2D eigenvalue weighted by atomic mass is 19.4. The molecular formula is C24H27F4N5. The smallest absolute Gasteiger partial charge is 0.367 e. The van der Waals surface area contributed by atoms with Gasteiger partial charge in [-0.25, -0.2) is 4.39 Å². The first-order valence-corrected chi connectivity index (χ1v) is 10.9. The number of piperazine rings is 1. The minimum absolute atomic E-state index is 0.165. The van der Waals surface area contributed by atoms with Crippen molar-refractivity contribution in [2.45, 2.75) is 33.0 Å². The fourth-order valence-electron chi connectivity index (χ4n) is 4.40. The summed E-state index contributed by atoms with van der Waals surface area (Å²) >= 11 is 0. The van der Waals surface area contributed by atoms with Crippen LogP contribution < -0.4 is 10.2 Å². The normalized spacial score (nSPS) is 16.3. The maximum absolute atomic E-state index is 15.0. The van der Waals surface area contributed by atoms with E-state index in [1.165, 1.54) is 19.1 Å². The Bertz CT molecular complexity index is 1170. The number of fused-ring (bicyclic) bond motifs is 1. The predicted molar refractivity (Wildman–Crippen MR) is 122 cm³/mol. The van der Waals surface area contributed by atoms with Crippen LogP contribution in [0.5, 0.6) is 0 Å². The molecule has 0 aliphatic carbocycles. The third kappa shape index (κ3) is 4.59. The summed E-state index contributed by atoms with van der Waals surface area (Å²) in [5.41, 5.74) is 1.10. The van der Waals surface area contributed by atoms with Gasteiger partial charge in [0, 0.05) is 37.0 Å². The maximum Gasteiger partial charge on any atom is 0.416 e. The highest BCUT2D eigenvalue weighted by molar-refractivity contribution is 5.95. The van der Waals surface area contributed by atoms with Gasteiger partial charge in [0.05, 0.1) is 23.0 Å². The van der Waals surface area contributed by atoms with Gasteiger partial charge in [0.2, 0.25) is 0 Å². The topological polar surface area (TPSA) is 44.3 Å². The first kappa shape index (κ1) is 23.2. The fourth-order valence-corrected chi connectivity index (χ4v) is 4.40. The maximum atomic E-state index is 15.0. The lowest BCUT2D eigenvalue weighted by Crippen LogP contribution is -2.44. The molecule has 1 fully saturated rings. The SMILES string of the molecule is Cc1c(C(C)Nc2nnc(C)c3cc(F)c(N4CCN(C)CC4)cc23)cccc1C(F)(F)F. The molecule has 2 heterocycles. The zero-order chi connectivity index (χ0) is 23.9. The van der Waals surface area contributed by atoms with E-state index >= 15 is 4.39 Å². The number of anilines is 2. The van der Waals surface area contributed by atoms with E-state index in [2.05, 4.69) is 20.4 Å². The molecule has 1 atom stereocenters. The van der Waals surface area contributed by atoms with Crippen LogP contribution in [0.2, 0.25) is 0 Å². The monoisotopic (exact) mass is 461 g/mol. The second-order valence-electron chi connectivity index (χ2n) is 8.66. The number of aromatic nitrogens is 2. The standard InChI is InChI=1S/C24H27F4N5/c1-14-17(6-5-7-20(14)24(26,27)28)15(2)29-23-19-13-22(33-10-8-32(4)9-11-33)21(25)12-18(19)16(3)30-31-23/h5-7,12-13,15H,8-11H2,1-4H3,(H,29,31). The van der Waals surface area contributed by atoms with E-state index in [4.69, 9.17) is 0 Å². The summed E-state index contributed by atoms with van der Waals surface area (Å²) in [7, 11) is 2.03. The molecule has 5 nitrogen and oxygen atoms in total. The van der Waals surface area contributed by atoms with Gasteiger partial charge in [0.1, 0.15) is 5.82 Å². The quantitative estimate of drug-likeness (QED) is 0.532. The Kier molecular flexibility index (Phi) is 6.18. The number of hydrogen-bond acceptors (Lipinski definition) is 5. The molecule has 0 saturated carbocycles. The van der Waals surface area contributed by atoms with Crippen molar-refractivity contribution in [3.63, 3.8) is 0 Å². The van der Waals surface area contributed by atoms with Gasteiger partial charge >= 0.3 is 6.18 Å². The highest BCUT2D eigenvalue weighted by Crippen LogP contribution is 2.36. The molecule has 1 saturated heterocycles. The van der Waals surface area contributed by atoms with Crippen LogP contribution in [0.3, 0.4) is 0 Å². The minimum Gasteiger partial charge on any atom is -0.367 e. The summed E-state index contributed by atoms with van der Waals surface area (Å²) in [6.07, 6.45) is -4.43. The second-order valence-corrected chi connectivity index (χ2v) is 8.66. The fraction of sp³-hybridized carbons (Fsp3) is 0.417. The zero-order valence-corrected chi connectivity index (χ0v) is 19.1. The lowest BCUT2D eigenvalue weighted by molar-refractivity contribution is -0.138. The van der Waals surface area contributed by atoms with E-state index in [1.807, 2.05) is 11.9 Å². The van der Waals surface area contributed by atoms with Gasteiger partial charge in [-0.2, -0.15) is 18.3 Å². The lowest BCUT2D eigenvalue weighted by Gasteiger charge is -2.34. The molecule has 33 heavy (non-hydrogen) atoms. The number of aryl methyl sites for hydroxylation is 1. The number of nitrogens with zero attached hydrogens (tertiary/aromatic N) is 4. The number of likely N-dealkylation sites (N-methyl/N-ethyl adjacent to an activating group) is 1. The third-order valence-corrected chi connectivity index (χ3v) is 6.38. The number of rotatable bonds is 4. The largest absolute Gasteiger partial charge is 0.416 e. The second kappa shape index (κ2) is 8.78. The van der Waals surface area contributed by atoms with Crippen molar-refractivity contribution >= 4 is 22.3 Å². The van der Waals surface area contributed by atoms with Crippen LogP contribution in [0, 0.1) is 19.7 Å². The van der Waals surface area contributed by atoms with E-state index in [1.54, 1.807) is 26.0 Å². The van der Waals surface area contributed by atoms with Crippen molar-refractivity contribution in [3.05, 3.63) is 58.5 Å². The van der Waals surface area contributed by atoms with Crippen molar-refractivity contribution in [3.8, 4) is 0 Å². The van der Waals surface area contributed by atoms with E-state index in [0.29, 0.717) is 46.6 Å². The molecule has 3 aromatic rings. The zero-order valence-electron chi connectivity index (χ0n) is 19.1. The van der Waals surface area contributed by atoms with Crippen molar-refractivity contribution in [2.24, 2.45) is 0 Å². The first-order chi connectivity index (χ1) is 15.6. The van der Waals surface area contributed by atoms with Gasteiger partial charge in [-0.1, -0.05) is 12.1 Å². The van der Waals surface area contributed by atoms with Crippen molar-refractivity contribution in [1.82, 2.24) is 15.1 Å². The molecule has 176 valence electrons. The molecule has 0 amide bonds. The number of hydrogen-bond donors (Lipinski definition) is 1. The summed E-state index contributed by atoms with van der Waals surface area (Å²) in [5, 5.41) is 12.9. The summed E-state index contributed by atoms with van der Waals surface area (Å²) < 4.78 is 55.1. The molecule has 1 aliphatic heterocycles. The summed E-state index contributed by atoms with van der Waals surface area (Å²) in [4.78, 5) is 4.20. The molecule has 1 aromatic heterocycles. The minimum atomic E-state index is -4.43. The summed E-state index contributed by atoms with van der Waals surface area (Å²) in [5.74, 6) is 0.0890. The van der Waals surface area contributed by atoms with Crippen LogP contribution in [-0.4, -0.2) is 48.3 Å². The molecular weight excluding hydrogens is 434 g/mol. The number of halogens is 4. The van der Waals surface area contributed by atoms with Gasteiger partial charge in [-0.15, -0.1) is 5.10 Å². The molecule has 9 heteroatoms. The molecule has 1 unspecified atom stereocenters. The van der Waals surface area contributed by atoms with Crippen molar-refractivity contribution < 1.29 is 17.6 Å². The van der Waals surface area contributed by atoms with Crippen molar-refractivity contribution in [2.75, 3.05) is 43.4 Å². The third-order valence-electron chi connectivity index (χ3n) is 6.38. The Hall–Kier alpha value is -2.94. The van der Waals surface area contributed by atoms with Crippen LogP contribution in [-0.2, 0) is 6.18 Å². The molecule has 1 aliphatic rings. The number of benzene rings is 2. The average molecular weight is 462 g/mol. The average Bonchev–Trinajstić information content (AvgIpc) is 2.75. The van der Waals surface area contributed by atoms with Crippen LogP contribution in [0.1, 0.15) is 35.3 Å².